The van der Waals surface area contributed by atoms with Crippen LogP contribution in [0.5, 0.6) is 0 Å². The van der Waals surface area contributed by atoms with Crippen molar-refractivity contribution in [3.8, 4) is 0 Å². The SMILES string of the molecule is COCc1ncc(C(=O)N2CCNCC2)[nH]1. The summed E-state index contributed by atoms with van der Waals surface area (Å²) in [5.41, 5.74) is 0.536. The Balaban J connectivity index is 2.01. The number of ether oxygens (including phenoxy) is 1. The minimum atomic E-state index is 0.0105. The van der Waals surface area contributed by atoms with E-state index >= 15 is 0 Å². The average molecular weight is 224 g/mol. The Bertz CT molecular complexity index is 357. The molecule has 1 aromatic rings. The zero-order valence-electron chi connectivity index (χ0n) is 9.32. The van der Waals surface area contributed by atoms with Gasteiger partial charge >= 0.3 is 0 Å². The Hall–Kier alpha value is -1.40. The van der Waals surface area contributed by atoms with Gasteiger partial charge in [-0.25, -0.2) is 4.98 Å². The molecular weight excluding hydrogens is 208 g/mol. The molecule has 1 aromatic heterocycles. The third kappa shape index (κ3) is 2.40. The Morgan fingerprint density at radius 2 is 2.31 bits per heavy atom. The number of nitrogens with one attached hydrogen (secondary N) is 2. The molecule has 0 radical (unpaired) electrons. The smallest absolute Gasteiger partial charge is 0.272 e. The highest BCUT2D eigenvalue weighted by molar-refractivity contribution is 5.92. The van der Waals surface area contributed by atoms with E-state index in [-0.39, 0.29) is 5.91 Å². The zero-order valence-corrected chi connectivity index (χ0v) is 9.32. The lowest BCUT2D eigenvalue weighted by Crippen LogP contribution is -2.46. The molecule has 1 aliphatic rings. The number of imidazole rings is 1. The summed E-state index contributed by atoms with van der Waals surface area (Å²) in [6, 6.07) is 0. The molecule has 1 saturated heterocycles. The van der Waals surface area contributed by atoms with E-state index in [2.05, 4.69) is 15.3 Å². The Kier molecular flexibility index (Phi) is 3.53. The quantitative estimate of drug-likeness (QED) is 0.733. The van der Waals surface area contributed by atoms with Crippen LogP contribution in [0.2, 0.25) is 0 Å². The molecule has 2 heterocycles. The van der Waals surface area contributed by atoms with Crippen LogP contribution in [-0.4, -0.2) is 54.1 Å². The van der Waals surface area contributed by atoms with E-state index in [1.165, 1.54) is 0 Å². The van der Waals surface area contributed by atoms with Crippen LogP contribution in [-0.2, 0) is 11.3 Å². The van der Waals surface area contributed by atoms with Gasteiger partial charge in [0.2, 0.25) is 0 Å². The predicted octanol–water partition coefficient (Wildman–Crippen LogP) is -0.398. The number of H-pyrrole nitrogens is 1. The number of hydrogen-bond donors (Lipinski definition) is 2. The van der Waals surface area contributed by atoms with Crippen molar-refractivity contribution in [3.63, 3.8) is 0 Å². The van der Waals surface area contributed by atoms with Crippen LogP contribution in [0.1, 0.15) is 16.3 Å². The molecule has 16 heavy (non-hydrogen) atoms. The normalized spacial score (nSPS) is 16.4. The lowest BCUT2D eigenvalue weighted by Gasteiger charge is -2.26. The van der Waals surface area contributed by atoms with E-state index in [1.807, 2.05) is 4.90 Å². The lowest BCUT2D eigenvalue weighted by molar-refractivity contribution is 0.0730. The molecule has 88 valence electrons. The number of carbonyl (C=O) groups is 1. The van der Waals surface area contributed by atoms with Crippen molar-refractivity contribution < 1.29 is 9.53 Å². The first-order chi connectivity index (χ1) is 7.81. The van der Waals surface area contributed by atoms with Crippen molar-refractivity contribution in [2.75, 3.05) is 33.3 Å². The fraction of sp³-hybridized carbons (Fsp3) is 0.600. The highest BCUT2D eigenvalue weighted by atomic mass is 16.5. The topological polar surface area (TPSA) is 70.2 Å². The molecule has 2 N–H and O–H groups in total. The molecule has 1 fully saturated rings. The van der Waals surface area contributed by atoms with Crippen LogP contribution >= 0.6 is 0 Å². The second-order valence-corrected chi connectivity index (χ2v) is 3.72. The van der Waals surface area contributed by atoms with Crippen molar-refractivity contribution in [2.24, 2.45) is 0 Å². The van der Waals surface area contributed by atoms with Crippen molar-refractivity contribution >= 4 is 5.91 Å². The number of aromatic amines is 1. The van der Waals surface area contributed by atoms with E-state index in [0.717, 1.165) is 26.2 Å². The van der Waals surface area contributed by atoms with E-state index in [0.29, 0.717) is 18.1 Å². The van der Waals surface area contributed by atoms with Gasteiger partial charge in [-0.2, -0.15) is 0 Å². The van der Waals surface area contributed by atoms with Crippen LogP contribution in [0, 0.1) is 0 Å². The minimum Gasteiger partial charge on any atom is -0.377 e. The lowest BCUT2D eigenvalue weighted by atomic mass is 10.3. The van der Waals surface area contributed by atoms with Gasteiger partial charge in [0.05, 0.1) is 6.20 Å². The number of nitrogens with zero attached hydrogens (tertiary/aromatic N) is 2. The maximum Gasteiger partial charge on any atom is 0.272 e. The van der Waals surface area contributed by atoms with Gasteiger partial charge in [0.15, 0.2) is 0 Å². The first-order valence-electron chi connectivity index (χ1n) is 5.34. The summed E-state index contributed by atoms with van der Waals surface area (Å²) in [6.07, 6.45) is 1.57. The number of rotatable bonds is 3. The van der Waals surface area contributed by atoms with E-state index in [9.17, 15) is 4.79 Å². The van der Waals surface area contributed by atoms with Gasteiger partial charge < -0.3 is 19.9 Å². The maximum atomic E-state index is 12.0. The molecule has 0 aromatic carbocycles. The third-order valence-electron chi connectivity index (χ3n) is 2.54. The predicted molar refractivity (Wildman–Crippen MR) is 58.1 cm³/mol. The summed E-state index contributed by atoms with van der Waals surface area (Å²) in [6.45, 7) is 3.60. The number of methoxy groups -OCH3 is 1. The minimum absolute atomic E-state index is 0.0105. The third-order valence-corrected chi connectivity index (χ3v) is 2.54. The van der Waals surface area contributed by atoms with Crippen molar-refractivity contribution in [1.29, 1.82) is 0 Å². The summed E-state index contributed by atoms with van der Waals surface area (Å²) >= 11 is 0. The van der Waals surface area contributed by atoms with E-state index < -0.39 is 0 Å². The monoisotopic (exact) mass is 224 g/mol. The summed E-state index contributed by atoms with van der Waals surface area (Å²) in [4.78, 5) is 20.9. The second kappa shape index (κ2) is 5.09. The molecule has 1 aliphatic heterocycles. The van der Waals surface area contributed by atoms with Crippen LogP contribution in [0.4, 0.5) is 0 Å². The van der Waals surface area contributed by atoms with E-state index in [1.54, 1.807) is 13.3 Å². The molecule has 0 atom stereocenters. The first-order valence-corrected chi connectivity index (χ1v) is 5.34. The molecule has 0 unspecified atom stereocenters. The summed E-state index contributed by atoms with van der Waals surface area (Å²) in [5.74, 6) is 0.692. The van der Waals surface area contributed by atoms with Crippen LogP contribution < -0.4 is 5.32 Å². The molecule has 0 spiro atoms. The highest BCUT2D eigenvalue weighted by Crippen LogP contribution is 2.04. The summed E-state index contributed by atoms with van der Waals surface area (Å²) in [7, 11) is 1.60. The van der Waals surface area contributed by atoms with Gasteiger partial charge in [-0.3, -0.25) is 4.79 Å². The second-order valence-electron chi connectivity index (χ2n) is 3.72. The first kappa shape index (κ1) is 11.1. The van der Waals surface area contributed by atoms with Crippen molar-refractivity contribution in [1.82, 2.24) is 20.2 Å². The standard InChI is InChI=1S/C10H16N4O2/c1-16-7-9-12-6-8(13-9)10(15)14-4-2-11-3-5-14/h6,11H,2-5,7H2,1H3,(H,12,13). The Morgan fingerprint density at radius 3 is 3.00 bits per heavy atom. The van der Waals surface area contributed by atoms with E-state index in [4.69, 9.17) is 4.74 Å². The van der Waals surface area contributed by atoms with Crippen molar-refractivity contribution in [3.05, 3.63) is 17.7 Å². The number of piperazine rings is 1. The van der Waals surface area contributed by atoms with Gasteiger partial charge in [0.1, 0.15) is 18.1 Å². The molecular formula is C10H16N4O2. The number of hydrogen-bond acceptors (Lipinski definition) is 4. The molecule has 6 heteroatoms. The van der Waals surface area contributed by atoms with Gasteiger partial charge in [-0.05, 0) is 0 Å². The van der Waals surface area contributed by atoms with Crippen LogP contribution in [0.3, 0.4) is 0 Å². The Morgan fingerprint density at radius 1 is 1.56 bits per heavy atom. The molecule has 0 aliphatic carbocycles. The maximum absolute atomic E-state index is 12.0. The van der Waals surface area contributed by atoms with Gasteiger partial charge in [0.25, 0.3) is 5.91 Å². The molecule has 0 bridgehead atoms. The number of aromatic nitrogens is 2. The average Bonchev–Trinajstić information content (AvgIpc) is 2.78. The molecule has 1 amide bonds. The van der Waals surface area contributed by atoms with Gasteiger partial charge in [-0.1, -0.05) is 0 Å². The van der Waals surface area contributed by atoms with Gasteiger partial charge in [-0.15, -0.1) is 0 Å². The summed E-state index contributed by atoms with van der Waals surface area (Å²) < 4.78 is 4.94. The van der Waals surface area contributed by atoms with Crippen LogP contribution in [0.25, 0.3) is 0 Å². The summed E-state index contributed by atoms with van der Waals surface area (Å²) in [5, 5.41) is 3.21. The molecule has 2 rings (SSSR count). The number of amides is 1. The molecule has 0 saturated carbocycles. The fourth-order valence-corrected chi connectivity index (χ4v) is 1.72. The number of carbonyl (C=O) groups excluding carboxylic acids is 1. The largest absolute Gasteiger partial charge is 0.377 e. The Labute approximate surface area is 94.0 Å². The van der Waals surface area contributed by atoms with Crippen molar-refractivity contribution in [2.45, 2.75) is 6.61 Å². The van der Waals surface area contributed by atoms with Crippen LogP contribution in [0.15, 0.2) is 6.20 Å². The van der Waals surface area contributed by atoms with Gasteiger partial charge in [0, 0.05) is 33.3 Å². The molecule has 6 nitrogen and oxygen atoms in total. The highest BCUT2D eigenvalue weighted by Gasteiger charge is 2.19. The zero-order chi connectivity index (χ0) is 11.4. The fourth-order valence-electron chi connectivity index (χ4n) is 1.72.